The van der Waals surface area contributed by atoms with Crippen molar-refractivity contribution >= 4 is 32.7 Å². The fourth-order valence-electron chi connectivity index (χ4n) is 3.86. The zero-order valence-electron chi connectivity index (χ0n) is 14.1. The van der Waals surface area contributed by atoms with E-state index in [0.29, 0.717) is 11.8 Å². The SMILES string of the molecule is C[C@H]1CCCN(C(=O)C2CCN(c3nc4cccnc4s3)CC2)C1. The number of likely N-dealkylation sites (tertiary alicyclic amines) is 1. The lowest BCUT2D eigenvalue weighted by Crippen LogP contribution is -2.46. The highest BCUT2D eigenvalue weighted by Crippen LogP contribution is 2.31. The third kappa shape index (κ3) is 3.11. The Morgan fingerprint density at radius 2 is 2.08 bits per heavy atom. The number of thiazole rings is 1. The Labute approximate surface area is 146 Å². The van der Waals surface area contributed by atoms with Crippen molar-refractivity contribution in [1.82, 2.24) is 14.9 Å². The van der Waals surface area contributed by atoms with Gasteiger partial charge in [0.1, 0.15) is 10.3 Å². The van der Waals surface area contributed by atoms with Gasteiger partial charge in [-0.2, -0.15) is 0 Å². The summed E-state index contributed by atoms with van der Waals surface area (Å²) < 4.78 is 0. The maximum absolute atomic E-state index is 12.8. The summed E-state index contributed by atoms with van der Waals surface area (Å²) >= 11 is 1.65. The first kappa shape index (κ1) is 15.8. The fraction of sp³-hybridized carbons (Fsp3) is 0.611. The second kappa shape index (κ2) is 6.67. The molecule has 2 aliphatic heterocycles. The third-order valence-electron chi connectivity index (χ3n) is 5.24. The maximum atomic E-state index is 12.8. The van der Waals surface area contributed by atoms with Gasteiger partial charge in [0.05, 0.1) is 0 Å². The van der Waals surface area contributed by atoms with Crippen molar-refractivity contribution < 1.29 is 4.79 Å². The van der Waals surface area contributed by atoms with Crippen LogP contribution in [-0.2, 0) is 4.79 Å². The molecule has 1 amide bonds. The lowest BCUT2D eigenvalue weighted by Gasteiger charge is -2.37. The molecule has 2 aliphatic rings. The van der Waals surface area contributed by atoms with E-state index in [2.05, 4.69) is 21.7 Å². The lowest BCUT2D eigenvalue weighted by molar-refractivity contribution is -0.137. The van der Waals surface area contributed by atoms with Gasteiger partial charge in [0, 0.05) is 38.3 Å². The number of hydrogen-bond acceptors (Lipinski definition) is 5. The molecule has 6 heteroatoms. The summed E-state index contributed by atoms with van der Waals surface area (Å²) in [6, 6.07) is 3.94. The summed E-state index contributed by atoms with van der Waals surface area (Å²) in [7, 11) is 0. The number of hydrogen-bond donors (Lipinski definition) is 0. The molecule has 4 heterocycles. The first-order valence-electron chi connectivity index (χ1n) is 8.96. The Morgan fingerprint density at radius 3 is 2.83 bits per heavy atom. The molecule has 0 aliphatic carbocycles. The van der Waals surface area contributed by atoms with Crippen molar-refractivity contribution in [2.75, 3.05) is 31.1 Å². The van der Waals surface area contributed by atoms with Gasteiger partial charge in [0.2, 0.25) is 5.91 Å². The van der Waals surface area contributed by atoms with Crippen molar-refractivity contribution in [3.63, 3.8) is 0 Å². The van der Waals surface area contributed by atoms with Crippen molar-refractivity contribution in [2.24, 2.45) is 11.8 Å². The van der Waals surface area contributed by atoms with Gasteiger partial charge in [0.15, 0.2) is 5.13 Å². The zero-order chi connectivity index (χ0) is 16.5. The first-order chi connectivity index (χ1) is 11.7. The van der Waals surface area contributed by atoms with E-state index in [-0.39, 0.29) is 5.92 Å². The highest BCUT2D eigenvalue weighted by molar-refractivity contribution is 7.21. The number of amides is 1. The van der Waals surface area contributed by atoms with Gasteiger partial charge in [-0.05, 0) is 43.7 Å². The average molecular weight is 344 g/mol. The highest BCUT2D eigenvalue weighted by Gasteiger charge is 2.31. The molecule has 24 heavy (non-hydrogen) atoms. The molecule has 0 spiro atoms. The van der Waals surface area contributed by atoms with E-state index in [9.17, 15) is 4.79 Å². The van der Waals surface area contributed by atoms with Crippen LogP contribution < -0.4 is 4.90 Å². The van der Waals surface area contributed by atoms with E-state index < -0.39 is 0 Å². The molecule has 0 radical (unpaired) electrons. The van der Waals surface area contributed by atoms with Gasteiger partial charge in [0.25, 0.3) is 0 Å². The summed E-state index contributed by atoms with van der Waals surface area (Å²) in [6.45, 7) is 5.98. The van der Waals surface area contributed by atoms with Crippen LogP contribution in [0.25, 0.3) is 10.3 Å². The summed E-state index contributed by atoms with van der Waals surface area (Å²) in [6.07, 6.45) is 6.10. The first-order valence-corrected chi connectivity index (χ1v) is 9.77. The van der Waals surface area contributed by atoms with E-state index >= 15 is 0 Å². The zero-order valence-corrected chi connectivity index (χ0v) is 15.0. The van der Waals surface area contributed by atoms with Crippen LogP contribution in [0, 0.1) is 11.8 Å². The Hall–Kier alpha value is -1.69. The fourth-order valence-corrected chi connectivity index (χ4v) is 4.82. The number of rotatable bonds is 2. The van der Waals surface area contributed by atoms with Gasteiger partial charge in [-0.3, -0.25) is 4.79 Å². The van der Waals surface area contributed by atoms with E-state index in [0.717, 1.165) is 60.9 Å². The lowest BCUT2D eigenvalue weighted by atomic mass is 9.93. The van der Waals surface area contributed by atoms with Crippen LogP contribution in [0.1, 0.15) is 32.6 Å². The Kier molecular flexibility index (Phi) is 4.39. The van der Waals surface area contributed by atoms with Crippen molar-refractivity contribution in [1.29, 1.82) is 0 Å². The molecule has 2 fully saturated rings. The second-order valence-electron chi connectivity index (χ2n) is 7.12. The molecule has 0 unspecified atom stereocenters. The van der Waals surface area contributed by atoms with Crippen LogP contribution >= 0.6 is 11.3 Å². The largest absolute Gasteiger partial charge is 0.348 e. The van der Waals surface area contributed by atoms with Crippen LogP contribution in [0.3, 0.4) is 0 Å². The molecular formula is C18H24N4OS. The monoisotopic (exact) mass is 344 g/mol. The van der Waals surface area contributed by atoms with Gasteiger partial charge in [-0.15, -0.1) is 0 Å². The van der Waals surface area contributed by atoms with E-state index in [1.54, 1.807) is 11.3 Å². The minimum absolute atomic E-state index is 0.194. The minimum atomic E-state index is 0.194. The Morgan fingerprint density at radius 1 is 1.25 bits per heavy atom. The number of nitrogens with zero attached hydrogens (tertiary/aromatic N) is 4. The number of anilines is 1. The van der Waals surface area contributed by atoms with Crippen LogP contribution in [0.5, 0.6) is 0 Å². The summed E-state index contributed by atoms with van der Waals surface area (Å²) in [5.41, 5.74) is 0.970. The Balaban J connectivity index is 1.38. The predicted octanol–water partition coefficient (Wildman–Crippen LogP) is 3.17. The maximum Gasteiger partial charge on any atom is 0.225 e. The topological polar surface area (TPSA) is 49.3 Å². The number of piperidine rings is 2. The number of fused-ring (bicyclic) bond motifs is 1. The smallest absolute Gasteiger partial charge is 0.225 e. The van der Waals surface area contributed by atoms with Gasteiger partial charge in [-0.25, -0.2) is 9.97 Å². The molecule has 2 saturated heterocycles. The molecule has 2 aromatic rings. The minimum Gasteiger partial charge on any atom is -0.348 e. The molecule has 4 rings (SSSR count). The van der Waals surface area contributed by atoms with E-state index in [1.807, 2.05) is 18.3 Å². The molecule has 0 saturated carbocycles. The average Bonchev–Trinajstić information content (AvgIpc) is 3.05. The van der Waals surface area contributed by atoms with Crippen LogP contribution in [0.4, 0.5) is 5.13 Å². The molecule has 0 aromatic carbocycles. The predicted molar refractivity (Wildman–Crippen MR) is 97.3 cm³/mol. The number of pyridine rings is 1. The number of carbonyl (C=O) groups excluding carboxylic acids is 1. The highest BCUT2D eigenvalue weighted by atomic mass is 32.1. The second-order valence-corrected chi connectivity index (χ2v) is 8.07. The standard InChI is InChI=1S/C18H24N4OS/c1-13-4-3-9-22(12-13)17(23)14-6-10-21(11-7-14)18-20-15-5-2-8-19-16(15)24-18/h2,5,8,13-14H,3-4,6-7,9-12H2,1H3/t13-/m0/s1. The van der Waals surface area contributed by atoms with E-state index in [4.69, 9.17) is 4.98 Å². The molecular weight excluding hydrogens is 320 g/mol. The van der Waals surface area contributed by atoms with Crippen LogP contribution in [0.15, 0.2) is 18.3 Å². The Bertz CT molecular complexity index is 690. The molecule has 2 aromatic heterocycles. The number of carbonyl (C=O) groups is 1. The van der Waals surface area contributed by atoms with Gasteiger partial charge in [-0.1, -0.05) is 18.3 Å². The quantitative estimate of drug-likeness (QED) is 0.840. The third-order valence-corrected chi connectivity index (χ3v) is 6.28. The van der Waals surface area contributed by atoms with Crippen LogP contribution in [0.2, 0.25) is 0 Å². The molecule has 1 atom stereocenters. The van der Waals surface area contributed by atoms with Crippen molar-refractivity contribution in [3.8, 4) is 0 Å². The van der Waals surface area contributed by atoms with Crippen LogP contribution in [-0.4, -0.2) is 47.0 Å². The normalized spacial score (nSPS) is 23.0. The summed E-state index contributed by atoms with van der Waals surface area (Å²) in [4.78, 5) is 27.3. The number of aromatic nitrogens is 2. The molecule has 0 bridgehead atoms. The molecule has 5 nitrogen and oxygen atoms in total. The van der Waals surface area contributed by atoms with Crippen molar-refractivity contribution in [2.45, 2.75) is 32.6 Å². The summed E-state index contributed by atoms with van der Waals surface area (Å²) in [5, 5.41) is 1.04. The van der Waals surface area contributed by atoms with Gasteiger partial charge >= 0.3 is 0 Å². The van der Waals surface area contributed by atoms with Gasteiger partial charge < -0.3 is 9.80 Å². The summed E-state index contributed by atoms with van der Waals surface area (Å²) in [5.74, 6) is 1.23. The molecule has 0 N–H and O–H groups in total. The van der Waals surface area contributed by atoms with E-state index in [1.165, 1.54) is 6.42 Å². The van der Waals surface area contributed by atoms with Crippen molar-refractivity contribution in [3.05, 3.63) is 18.3 Å². The molecule has 128 valence electrons.